The molecule has 0 bridgehead atoms. The van der Waals surface area contributed by atoms with E-state index in [0.29, 0.717) is 41.2 Å². The van der Waals surface area contributed by atoms with Crippen LogP contribution in [0.25, 0.3) is 10.9 Å². The summed E-state index contributed by atoms with van der Waals surface area (Å²) in [7, 11) is 0. The van der Waals surface area contributed by atoms with Crippen molar-refractivity contribution in [3.63, 3.8) is 0 Å². The Labute approximate surface area is 141 Å². The predicted molar refractivity (Wildman–Crippen MR) is 86.6 cm³/mol. The van der Waals surface area contributed by atoms with Gasteiger partial charge in [0.1, 0.15) is 18.7 Å². The molecule has 0 saturated heterocycles. The van der Waals surface area contributed by atoms with E-state index in [4.69, 9.17) is 14.2 Å². The molecule has 3 aromatic rings. The summed E-state index contributed by atoms with van der Waals surface area (Å²) in [5.74, 6) is 0.474. The van der Waals surface area contributed by atoms with Crippen molar-refractivity contribution in [2.45, 2.75) is 6.73 Å². The van der Waals surface area contributed by atoms with E-state index in [1.54, 1.807) is 42.5 Å². The lowest BCUT2D eigenvalue weighted by Gasteiger charge is -2.18. The average Bonchev–Trinajstić information content (AvgIpc) is 2.67. The summed E-state index contributed by atoms with van der Waals surface area (Å²) < 4.78 is 17.0. The molecule has 0 amide bonds. The molecule has 0 N–H and O–H groups in total. The van der Waals surface area contributed by atoms with Gasteiger partial charge in [-0.25, -0.2) is 4.79 Å². The molecule has 4 rings (SSSR count). The van der Waals surface area contributed by atoms with Crippen LogP contribution in [0.15, 0.2) is 47.3 Å². The first-order chi connectivity index (χ1) is 12.2. The highest BCUT2D eigenvalue weighted by atomic mass is 16.6. The van der Waals surface area contributed by atoms with Gasteiger partial charge in [-0.2, -0.15) is 4.68 Å². The summed E-state index contributed by atoms with van der Waals surface area (Å²) in [5, 5.41) is 8.12. The summed E-state index contributed by atoms with van der Waals surface area (Å²) in [4.78, 5) is 24.5. The highest BCUT2D eigenvalue weighted by Gasteiger charge is 2.16. The zero-order chi connectivity index (χ0) is 17.2. The number of aromatic nitrogens is 3. The van der Waals surface area contributed by atoms with Crippen molar-refractivity contribution in [2.75, 3.05) is 13.2 Å². The Morgan fingerprint density at radius 3 is 2.80 bits per heavy atom. The molecule has 0 unspecified atom stereocenters. The van der Waals surface area contributed by atoms with Gasteiger partial charge in [0.25, 0.3) is 5.56 Å². The number of hydrogen-bond acceptors (Lipinski definition) is 7. The number of rotatable bonds is 3. The maximum absolute atomic E-state index is 12.3. The first-order valence-corrected chi connectivity index (χ1v) is 7.62. The van der Waals surface area contributed by atoms with Crippen LogP contribution in [0.3, 0.4) is 0 Å². The predicted octanol–water partition coefficient (Wildman–Crippen LogP) is 1.38. The third-order valence-electron chi connectivity index (χ3n) is 3.73. The first kappa shape index (κ1) is 15.1. The lowest BCUT2D eigenvalue weighted by Crippen LogP contribution is -2.26. The number of carbonyl (C=O) groups excluding carboxylic acids is 1. The van der Waals surface area contributed by atoms with Crippen molar-refractivity contribution < 1.29 is 19.0 Å². The topological polar surface area (TPSA) is 92.5 Å². The van der Waals surface area contributed by atoms with Gasteiger partial charge < -0.3 is 14.2 Å². The summed E-state index contributed by atoms with van der Waals surface area (Å²) in [6.07, 6.45) is 0. The largest absolute Gasteiger partial charge is 0.486 e. The molecule has 1 aliphatic heterocycles. The van der Waals surface area contributed by atoms with Crippen LogP contribution in [0.5, 0.6) is 11.5 Å². The fourth-order valence-corrected chi connectivity index (χ4v) is 2.48. The van der Waals surface area contributed by atoms with Crippen LogP contribution in [0.4, 0.5) is 0 Å². The third kappa shape index (κ3) is 2.89. The monoisotopic (exact) mass is 339 g/mol. The van der Waals surface area contributed by atoms with Gasteiger partial charge >= 0.3 is 5.97 Å². The second kappa shape index (κ2) is 6.23. The molecule has 2 aromatic carbocycles. The standard InChI is InChI=1S/C17H13N3O5/c21-16-12-3-1-2-4-13(12)18-19-20(16)10-25-17(22)11-5-6-14-15(9-11)24-8-7-23-14/h1-6,9H,7-8,10H2. The van der Waals surface area contributed by atoms with Gasteiger partial charge in [-0.3, -0.25) is 4.79 Å². The molecular formula is C17H13N3O5. The molecule has 8 nitrogen and oxygen atoms in total. The average molecular weight is 339 g/mol. The molecule has 25 heavy (non-hydrogen) atoms. The number of hydrogen-bond donors (Lipinski definition) is 0. The van der Waals surface area contributed by atoms with Crippen LogP contribution >= 0.6 is 0 Å². The van der Waals surface area contributed by atoms with Crippen LogP contribution in [0.1, 0.15) is 10.4 Å². The van der Waals surface area contributed by atoms with E-state index >= 15 is 0 Å². The SMILES string of the molecule is O=C(OCn1nnc2ccccc2c1=O)c1ccc2c(c1)OCCO2. The fourth-order valence-electron chi connectivity index (χ4n) is 2.48. The van der Waals surface area contributed by atoms with E-state index in [1.165, 1.54) is 0 Å². The minimum atomic E-state index is -0.598. The van der Waals surface area contributed by atoms with Gasteiger partial charge in [-0.05, 0) is 30.3 Å². The van der Waals surface area contributed by atoms with Crippen LogP contribution in [0.2, 0.25) is 0 Å². The molecular weight excluding hydrogens is 326 g/mol. The molecule has 8 heteroatoms. The van der Waals surface area contributed by atoms with Crippen molar-refractivity contribution in [1.82, 2.24) is 15.0 Å². The summed E-state index contributed by atoms with van der Waals surface area (Å²) in [5.41, 5.74) is 0.411. The van der Waals surface area contributed by atoms with E-state index in [1.807, 2.05) is 0 Å². The Morgan fingerprint density at radius 1 is 1.12 bits per heavy atom. The number of ether oxygens (including phenoxy) is 3. The molecule has 0 spiro atoms. The van der Waals surface area contributed by atoms with Gasteiger partial charge in [0.2, 0.25) is 0 Å². The highest BCUT2D eigenvalue weighted by molar-refractivity contribution is 5.90. The molecule has 126 valence electrons. The molecule has 1 aromatic heterocycles. The van der Waals surface area contributed by atoms with Crippen LogP contribution in [-0.4, -0.2) is 34.2 Å². The van der Waals surface area contributed by atoms with Gasteiger partial charge in [0.15, 0.2) is 18.2 Å². The van der Waals surface area contributed by atoms with E-state index in [9.17, 15) is 9.59 Å². The van der Waals surface area contributed by atoms with E-state index in [-0.39, 0.29) is 12.3 Å². The Kier molecular flexibility index (Phi) is 3.77. The zero-order valence-corrected chi connectivity index (χ0v) is 13.0. The van der Waals surface area contributed by atoms with Crippen molar-refractivity contribution >= 4 is 16.9 Å². The number of fused-ring (bicyclic) bond motifs is 2. The zero-order valence-electron chi connectivity index (χ0n) is 13.0. The lowest BCUT2D eigenvalue weighted by atomic mass is 10.2. The molecule has 0 atom stereocenters. The minimum absolute atomic E-state index is 0.297. The van der Waals surface area contributed by atoms with Gasteiger partial charge in [-0.15, -0.1) is 5.10 Å². The Bertz CT molecular complexity index is 1010. The third-order valence-corrected chi connectivity index (χ3v) is 3.73. The normalized spacial score (nSPS) is 12.8. The van der Waals surface area contributed by atoms with Crippen molar-refractivity contribution in [3.05, 3.63) is 58.4 Å². The Balaban J connectivity index is 1.52. The summed E-state index contributed by atoms with van der Waals surface area (Å²) >= 11 is 0. The number of nitrogens with zero attached hydrogens (tertiary/aromatic N) is 3. The number of benzene rings is 2. The van der Waals surface area contributed by atoms with E-state index in [2.05, 4.69) is 10.3 Å². The minimum Gasteiger partial charge on any atom is -0.486 e. The van der Waals surface area contributed by atoms with Gasteiger partial charge in [-0.1, -0.05) is 17.3 Å². The van der Waals surface area contributed by atoms with Crippen LogP contribution in [-0.2, 0) is 11.5 Å². The molecule has 1 aliphatic rings. The molecule has 0 saturated carbocycles. The number of carbonyl (C=O) groups is 1. The van der Waals surface area contributed by atoms with Gasteiger partial charge in [0.05, 0.1) is 10.9 Å². The first-order valence-electron chi connectivity index (χ1n) is 7.62. The smallest absolute Gasteiger partial charge is 0.340 e. The summed E-state index contributed by atoms with van der Waals surface area (Å²) in [6, 6.07) is 11.6. The second-order valence-electron chi connectivity index (χ2n) is 5.33. The van der Waals surface area contributed by atoms with Crippen LogP contribution in [0, 0.1) is 0 Å². The maximum Gasteiger partial charge on any atom is 0.340 e. The highest BCUT2D eigenvalue weighted by Crippen LogP contribution is 2.30. The van der Waals surface area contributed by atoms with Crippen LogP contribution < -0.4 is 15.0 Å². The quantitative estimate of drug-likeness (QED) is 0.666. The molecule has 2 heterocycles. The van der Waals surface area contributed by atoms with E-state index in [0.717, 1.165) is 4.68 Å². The molecule has 0 aliphatic carbocycles. The lowest BCUT2D eigenvalue weighted by molar-refractivity contribution is 0.0335. The van der Waals surface area contributed by atoms with Crippen molar-refractivity contribution in [3.8, 4) is 11.5 Å². The Morgan fingerprint density at radius 2 is 1.92 bits per heavy atom. The summed E-state index contributed by atoms with van der Waals surface area (Å²) in [6.45, 7) is 0.567. The molecule has 0 fully saturated rings. The maximum atomic E-state index is 12.3. The fraction of sp³-hybridized carbons (Fsp3) is 0.176. The number of esters is 1. The van der Waals surface area contributed by atoms with Crippen molar-refractivity contribution in [1.29, 1.82) is 0 Å². The Hall–Kier alpha value is -3.42. The second-order valence-corrected chi connectivity index (χ2v) is 5.33. The van der Waals surface area contributed by atoms with E-state index < -0.39 is 5.97 Å². The van der Waals surface area contributed by atoms with Gasteiger partial charge in [0, 0.05) is 0 Å². The molecule has 0 radical (unpaired) electrons. The van der Waals surface area contributed by atoms with Crippen molar-refractivity contribution in [2.24, 2.45) is 0 Å².